The number of carbonyl (C=O) groups excluding carboxylic acids is 3. The number of carbonyl (C=O) groups is 3. The second kappa shape index (κ2) is 8.36. The first kappa shape index (κ1) is 22.2. The molecule has 2 amide bonds. The lowest BCUT2D eigenvalue weighted by Gasteiger charge is -2.33. The number of H-pyrrole nitrogens is 1. The molecule has 30 heavy (non-hydrogen) atoms. The summed E-state index contributed by atoms with van der Waals surface area (Å²) in [5.41, 5.74) is 0.434. The number of pyridine rings is 1. The van der Waals surface area contributed by atoms with E-state index < -0.39 is 5.56 Å². The molecule has 1 fully saturated rings. The van der Waals surface area contributed by atoms with Gasteiger partial charge in [-0.3, -0.25) is 19.2 Å². The maximum Gasteiger partial charge on any atom is 0.261 e. The van der Waals surface area contributed by atoms with E-state index in [2.05, 4.69) is 24.1 Å². The highest BCUT2D eigenvalue weighted by atomic mass is 16.2. The SMILES string of the molecule is CC(C)C(C)NC(=O)C1CCN(C(=O)c2cc3c([nH]c2=O)CC(C)(C)CC3=O)CC1. The van der Waals surface area contributed by atoms with Gasteiger partial charge in [0, 0.05) is 42.7 Å². The molecule has 1 unspecified atom stereocenters. The molecule has 3 rings (SSSR count). The van der Waals surface area contributed by atoms with Gasteiger partial charge < -0.3 is 15.2 Å². The Kier molecular flexibility index (Phi) is 6.20. The minimum absolute atomic E-state index is 0.0122. The lowest BCUT2D eigenvalue weighted by molar-refractivity contribution is -0.127. The smallest absolute Gasteiger partial charge is 0.261 e. The zero-order chi connectivity index (χ0) is 22.2. The second-order valence-corrected chi connectivity index (χ2v) is 9.95. The molecule has 0 spiro atoms. The van der Waals surface area contributed by atoms with Crippen molar-refractivity contribution in [2.75, 3.05) is 13.1 Å². The van der Waals surface area contributed by atoms with Gasteiger partial charge in [0.15, 0.2) is 5.78 Å². The quantitative estimate of drug-likeness (QED) is 0.789. The summed E-state index contributed by atoms with van der Waals surface area (Å²) in [6.07, 6.45) is 2.14. The van der Waals surface area contributed by atoms with Gasteiger partial charge >= 0.3 is 0 Å². The highest BCUT2D eigenvalue weighted by Crippen LogP contribution is 2.33. The van der Waals surface area contributed by atoms with Crippen molar-refractivity contribution in [1.29, 1.82) is 0 Å². The normalized spacial score (nSPS) is 20.1. The number of rotatable bonds is 4. The van der Waals surface area contributed by atoms with Crippen LogP contribution >= 0.6 is 0 Å². The summed E-state index contributed by atoms with van der Waals surface area (Å²) in [4.78, 5) is 54.9. The summed E-state index contributed by atoms with van der Waals surface area (Å²) in [5.74, 6) is -0.143. The molecule has 0 aromatic carbocycles. The topological polar surface area (TPSA) is 99.3 Å². The Morgan fingerprint density at radius 2 is 1.77 bits per heavy atom. The van der Waals surface area contributed by atoms with Crippen LogP contribution in [0.3, 0.4) is 0 Å². The molecule has 2 N–H and O–H groups in total. The van der Waals surface area contributed by atoms with Gasteiger partial charge in [-0.2, -0.15) is 0 Å². The van der Waals surface area contributed by atoms with E-state index in [1.165, 1.54) is 6.07 Å². The van der Waals surface area contributed by atoms with Gasteiger partial charge in [-0.1, -0.05) is 27.7 Å². The van der Waals surface area contributed by atoms with Crippen molar-refractivity contribution in [1.82, 2.24) is 15.2 Å². The van der Waals surface area contributed by atoms with E-state index >= 15 is 0 Å². The fourth-order valence-electron chi connectivity index (χ4n) is 4.21. The van der Waals surface area contributed by atoms with E-state index in [9.17, 15) is 19.2 Å². The first-order valence-corrected chi connectivity index (χ1v) is 10.9. The molecule has 0 radical (unpaired) electrons. The van der Waals surface area contributed by atoms with Gasteiger partial charge in [-0.05, 0) is 43.6 Å². The number of ketones is 1. The number of piperidine rings is 1. The molecule has 164 valence electrons. The lowest BCUT2D eigenvalue weighted by atomic mass is 9.75. The van der Waals surface area contributed by atoms with E-state index in [0.29, 0.717) is 55.9 Å². The molecule has 2 aliphatic rings. The van der Waals surface area contributed by atoms with Gasteiger partial charge in [0.1, 0.15) is 5.56 Å². The van der Waals surface area contributed by atoms with Crippen molar-refractivity contribution < 1.29 is 14.4 Å². The van der Waals surface area contributed by atoms with Crippen LogP contribution in [-0.4, -0.2) is 46.6 Å². The number of aromatic amines is 1. The number of Topliss-reactive ketones (excluding diaryl/α,β-unsaturated/α-hetero) is 1. The Balaban J connectivity index is 1.69. The van der Waals surface area contributed by atoms with Crippen molar-refractivity contribution >= 4 is 17.6 Å². The molecule has 1 aromatic heterocycles. The number of nitrogens with one attached hydrogen (secondary N) is 2. The van der Waals surface area contributed by atoms with Crippen LogP contribution in [0.1, 0.15) is 80.3 Å². The number of hydrogen-bond donors (Lipinski definition) is 2. The standard InChI is InChI=1S/C23H33N3O4/c1-13(2)14(3)24-20(28)15-6-8-26(9-7-15)22(30)17-10-16-18(25-21(17)29)11-23(4,5)12-19(16)27/h10,13-15H,6-9,11-12H2,1-5H3,(H,24,28)(H,25,29). The van der Waals surface area contributed by atoms with Crippen LogP contribution in [0, 0.1) is 17.3 Å². The van der Waals surface area contributed by atoms with Crippen LogP contribution in [0.5, 0.6) is 0 Å². The highest BCUT2D eigenvalue weighted by Gasteiger charge is 2.34. The van der Waals surface area contributed by atoms with Crippen LogP contribution in [-0.2, 0) is 11.2 Å². The number of aromatic nitrogens is 1. The first-order chi connectivity index (χ1) is 14.0. The average Bonchev–Trinajstić information content (AvgIpc) is 2.66. The van der Waals surface area contributed by atoms with E-state index in [4.69, 9.17) is 0 Å². The van der Waals surface area contributed by atoms with Gasteiger partial charge in [0.25, 0.3) is 11.5 Å². The molecule has 0 saturated carbocycles. The van der Waals surface area contributed by atoms with Crippen LogP contribution in [0.25, 0.3) is 0 Å². The van der Waals surface area contributed by atoms with Crippen molar-refractivity contribution in [3.05, 3.63) is 33.2 Å². The maximum atomic E-state index is 13.0. The third-order valence-electron chi connectivity index (χ3n) is 6.47. The van der Waals surface area contributed by atoms with Crippen LogP contribution in [0.2, 0.25) is 0 Å². The molecule has 1 atom stereocenters. The minimum Gasteiger partial charge on any atom is -0.353 e. The van der Waals surface area contributed by atoms with Gasteiger partial charge in [-0.15, -0.1) is 0 Å². The molecule has 1 aliphatic heterocycles. The third-order valence-corrected chi connectivity index (χ3v) is 6.47. The predicted molar refractivity (Wildman–Crippen MR) is 115 cm³/mol. The monoisotopic (exact) mass is 415 g/mol. The van der Waals surface area contributed by atoms with Crippen molar-refractivity contribution in [3.8, 4) is 0 Å². The van der Waals surface area contributed by atoms with Crippen molar-refractivity contribution in [3.63, 3.8) is 0 Å². The van der Waals surface area contributed by atoms with E-state index in [1.54, 1.807) is 4.90 Å². The molecule has 1 aliphatic carbocycles. The third kappa shape index (κ3) is 4.65. The van der Waals surface area contributed by atoms with Gasteiger partial charge in [0.2, 0.25) is 5.91 Å². The fraction of sp³-hybridized carbons (Fsp3) is 0.652. The summed E-state index contributed by atoms with van der Waals surface area (Å²) in [5, 5.41) is 3.04. The second-order valence-electron chi connectivity index (χ2n) is 9.95. The first-order valence-electron chi connectivity index (χ1n) is 10.9. The molecule has 7 heteroatoms. The van der Waals surface area contributed by atoms with Gasteiger partial charge in [-0.25, -0.2) is 0 Å². The van der Waals surface area contributed by atoms with Crippen LogP contribution in [0.4, 0.5) is 0 Å². The number of likely N-dealkylation sites (tertiary alicyclic amines) is 1. The van der Waals surface area contributed by atoms with E-state index in [0.717, 1.165) is 0 Å². The molecule has 2 heterocycles. The predicted octanol–water partition coefficient (Wildman–Crippen LogP) is 2.54. The molecular formula is C23H33N3O4. The number of hydrogen-bond acceptors (Lipinski definition) is 4. The van der Waals surface area contributed by atoms with Crippen molar-refractivity contribution in [2.45, 2.75) is 66.3 Å². The minimum atomic E-state index is -0.449. The van der Waals surface area contributed by atoms with E-state index in [-0.39, 0.29) is 40.5 Å². The Bertz CT molecular complexity index is 908. The Morgan fingerprint density at radius 3 is 2.37 bits per heavy atom. The average molecular weight is 416 g/mol. The number of nitrogens with zero attached hydrogens (tertiary/aromatic N) is 1. The van der Waals surface area contributed by atoms with E-state index in [1.807, 2.05) is 20.8 Å². The summed E-state index contributed by atoms with van der Waals surface area (Å²) in [7, 11) is 0. The molecular weight excluding hydrogens is 382 g/mol. The molecule has 7 nitrogen and oxygen atoms in total. The zero-order valence-electron chi connectivity index (χ0n) is 18.6. The molecule has 0 bridgehead atoms. The Hall–Kier alpha value is -2.44. The lowest BCUT2D eigenvalue weighted by Crippen LogP contribution is -2.46. The summed E-state index contributed by atoms with van der Waals surface area (Å²) in [6, 6.07) is 1.57. The zero-order valence-corrected chi connectivity index (χ0v) is 18.6. The summed E-state index contributed by atoms with van der Waals surface area (Å²) >= 11 is 0. The Labute approximate surface area is 177 Å². The number of amides is 2. The van der Waals surface area contributed by atoms with Crippen LogP contribution < -0.4 is 10.9 Å². The summed E-state index contributed by atoms with van der Waals surface area (Å²) < 4.78 is 0. The summed E-state index contributed by atoms with van der Waals surface area (Å²) in [6.45, 7) is 10.9. The van der Waals surface area contributed by atoms with Crippen LogP contribution in [0.15, 0.2) is 10.9 Å². The highest BCUT2D eigenvalue weighted by molar-refractivity contribution is 6.02. The van der Waals surface area contributed by atoms with Crippen molar-refractivity contribution in [2.24, 2.45) is 17.3 Å². The molecule has 1 saturated heterocycles. The Morgan fingerprint density at radius 1 is 1.13 bits per heavy atom. The molecule has 1 aromatic rings. The van der Waals surface area contributed by atoms with Gasteiger partial charge in [0.05, 0.1) is 0 Å². The fourth-order valence-corrected chi connectivity index (χ4v) is 4.21. The number of fused-ring (bicyclic) bond motifs is 1. The largest absolute Gasteiger partial charge is 0.353 e. The maximum absolute atomic E-state index is 13.0.